The van der Waals surface area contributed by atoms with Crippen LogP contribution in [0, 0.1) is 5.82 Å². The molecule has 0 aliphatic carbocycles. The van der Waals surface area contributed by atoms with Crippen LogP contribution >= 0.6 is 0 Å². The van der Waals surface area contributed by atoms with Crippen molar-refractivity contribution in [3.8, 4) is 0 Å². The van der Waals surface area contributed by atoms with E-state index in [1.807, 2.05) is 0 Å². The van der Waals surface area contributed by atoms with E-state index in [4.69, 9.17) is 0 Å². The van der Waals surface area contributed by atoms with E-state index < -0.39 is 39.8 Å². The van der Waals surface area contributed by atoms with Gasteiger partial charge in [-0.05, 0) is 44.0 Å². The molecule has 0 aromatic heterocycles. The van der Waals surface area contributed by atoms with Crippen LogP contribution in [0.1, 0.15) is 26.2 Å². The molecule has 1 fully saturated rings. The molecule has 1 saturated heterocycles. The first kappa shape index (κ1) is 19.3. The fourth-order valence-corrected chi connectivity index (χ4v) is 4.40. The Morgan fingerprint density at radius 1 is 1.28 bits per heavy atom. The zero-order valence-electron chi connectivity index (χ0n) is 14.1. The fourth-order valence-electron chi connectivity index (χ4n) is 2.74. The first-order chi connectivity index (χ1) is 11.8. The van der Waals surface area contributed by atoms with Gasteiger partial charge in [-0.15, -0.1) is 0 Å². The van der Waals surface area contributed by atoms with E-state index in [0.29, 0.717) is 19.3 Å². The second-order valence-electron chi connectivity index (χ2n) is 5.83. The number of nitrogens with zero attached hydrogens (tertiary/aromatic N) is 1. The van der Waals surface area contributed by atoms with Gasteiger partial charge in [0, 0.05) is 6.54 Å². The number of hydrogen-bond donors (Lipinski definition) is 1. The van der Waals surface area contributed by atoms with Crippen LogP contribution in [-0.4, -0.2) is 50.3 Å². The summed E-state index contributed by atoms with van der Waals surface area (Å²) in [6.07, 6.45) is 1.66. The van der Waals surface area contributed by atoms with Crippen molar-refractivity contribution in [2.75, 3.05) is 13.7 Å². The molecule has 1 aromatic carbocycles. The number of esters is 1. The molecule has 1 N–H and O–H groups in total. The summed E-state index contributed by atoms with van der Waals surface area (Å²) in [6, 6.07) is 2.67. The van der Waals surface area contributed by atoms with E-state index in [1.165, 1.54) is 26.2 Å². The van der Waals surface area contributed by atoms with Crippen LogP contribution in [-0.2, 0) is 24.3 Å². The summed E-state index contributed by atoms with van der Waals surface area (Å²) in [5.41, 5.74) is 0. The van der Waals surface area contributed by atoms with Gasteiger partial charge in [-0.1, -0.05) is 6.42 Å². The largest absolute Gasteiger partial charge is 0.467 e. The zero-order valence-corrected chi connectivity index (χ0v) is 14.9. The third-order valence-corrected chi connectivity index (χ3v) is 6.01. The minimum atomic E-state index is -3.94. The summed E-state index contributed by atoms with van der Waals surface area (Å²) in [6.45, 7) is 1.65. The molecule has 25 heavy (non-hydrogen) atoms. The Bertz CT molecular complexity index is 735. The Balaban J connectivity index is 2.23. The van der Waals surface area contributed by atoms with E-state index in [2.05, 4.69) is 10.1 Å². The predicted molar refractivity (Wildman–Crippen MR) is 87.6 cm³/mol. The lowest BCUT2D eigenvalue weighted by atomic mass is 10.0. The maximum absolute atomic E-state index is 13.1. The normalized spacial score (nSPS) is 19.9. The molecule has 7 nitrogen and oxygen atoms in total. The number of ether oxygens (including phenoxy) is 1. The lowest BCUT2D eigenvalue weighted by Crippen LogP contribution is -2.54. The van der Waals surface area contributed by atoms with Gasteiger partial charge in [-0.3, -0.25) is 4.79 Å². The highest BCUT2D eigenvalue weighted by atomic mass is 32.2. The van der Waals surface area contributed by atoms with Crippen LogP contribution < -0.4 is 5.32 Å². The molecule has 2 atom stereocenters. The van der Waals surface area contributed by atoms with Gasteiger partial charge in [0.05, 0.1) is 12.0 Å². The number of hydrogen-bond acceptors (Lipinski definition) is 5. The van der Waals surface area contributed by atoms with Crippen molar-refractivity contribution < 1.29 is 27.1 Å². The highest BCUT2D eigenvalue weighted by Crippen LogP contribution is 2.25. The smallest absolute Gasteiger partial charge is 0.328 e. The summed E-state index contributed by atoms with van der Waals surface area (Å²) in [4.78, 5) is 23.9. The Labute approximate surface area is 146 Å². The molecule has 0 bridgehead atoms. The number of amides is 1. The number of sulfonamides is 1. The standard InChI is InChI=1S/C16H21FN2O5S/c1-11(16(21)24-2)18-15(20)14-5-3-4-10-19(14)25(22,23)13-8-6-12(17)7-9-13/h6-9,11,14H,3-5,10H2,1-2H3,(H,18,20)/t11-,14+/m1/s1. The molecule has 0 unspecified atom stereocenters. The summed E-state index contributed by atoms with van der Waals surface area (Å²) in [5, 5.41) is 2.48. The SMILES string of the molecule is COC(=O)[C@@H](C)NC(=O)[C@@H]1CCCCN1S(=O)(=O)c1ccc(F)cc1. The minimum absolute atomic E-state index is 0.0744. The molecule has 1 heterocycles. The van der Waals surface area contributed by atoms with Crippen LogP contribution in [0.2, 0.25) is 0 Å². The van der Waals surface area contributed by atoms with Crippen LogP contribution in [0.4, 0.5) is 4.39 Å². The highest BCUT2D eigenvalue weighted by Gasteiger charge is 2.38. The van der Waals surface area contributed by atoms with Gasteiger partial charge in [0.25, 0.3) is 0 Å². The Morgan fingerprint density at radius 3 is 2.52 bits per heavy atom. The zero-order chi connectivity index (χ0) is 18.6. The monoisotopic (exact) mass is 372 g/mol. The third kappa shape index (κ3) is 4.35. The fraction of sp³-hybridized carbons (Fsp3) is 0.500. The topological polar surface area (TPSA) is 92.8 Å². The predicted octanol–water partition coefficient (Wildman–Crippen LogP) is 1.05. The molecular weight excluding hydrogens is 351 g/mol. The van der Waals surface area contributed by atoms with Crippen molar-refractivity contribution in [2.45, 2.75) is 43.2 Å². The number of rotatable bonds is 5. The van der Waals surface area contributed by atoms with Crippen LogP contribution in [0.25, 0.3) is 0 Å². The second-order valence-corrected chi connectivity index (χ2v) is 7.73. The van der Waals surface area contributed by atoms with E-state index in [-0.39, 0.29) is 11.4 Å². The van der Waals surface area contributed by atoms with Crippen LogP contribution in [0.3, 0.4) is 0 Å². The van der Waals surface area contributed by atoms with Gasteiger partial charge in [0.1, 0.15) is 17.9 Å². The average Bonchev–Trinajstić information content (AvgIpc) is 2.61. The molecule has 0 spiro atoms. The molecular formula is C16H21FN2O5S. The number of carbonyl (C=O) groups excluding carboxylic acids is 2. The molecule has 1 aromatic rings. The Morgan fingerprint density at radius 2 is 1.92 bits per heavy atom. The van der Waals surface area contributed by atoms with E-state index in [1.54, 1.807) is 0 Å². The molecule has 1 amide bonds. The van der Waals surface area contributed by atoms with Crippen molar-refractivity contribution in [3.05, 3.63) is 30.1 Å². The van der Waals surface area contributed by atoms with Crippen molar-refractivity contribution in [3.63, 3.8) is 0 Å². The molecule has 9 heteroatoms. The van der Waals surface area contributed by atoms with Gasteiger partial charge in [0.15, 0.2) is 0 Å². The Kier molecular flexibility index (Phi) is 6.12. The van der Waals surface area contributed by atoms with E-state index in [9.17, 15) is 22.4 Å². The number of piperidine rings is 1. The van der Waals surface area contributed by atoms with Gasteiger partial charge in [-0.25, -0.2) is 17.6 Å². The second kappa shape index (κ2) is 7.92. The Hall–Kier alpha value is -2.00. The van der Waals surface area contributed by atoms with E-state index >= 15 is 0 Å². The van der Waals surface area contributed by atoms with Gasteiger partial charge in [0.2, 0.25) is 15.9 Å². The summed E-state index contributed by atoms with van der Waals surface area (Å²) in [7, 11) is -2.74. The molecule has 1 aliphatic rings. The van der Waals surface area contributed by atoms with Gasteiger partial charge < -0.3 is 10.1 Å². The first-order valence-corrected chi connectivity index (χ1v) is 9.37. The van der Waals surface area contributed by atoms with Crippen molar-refractivity contribution in [1.29, 1.82) is 0 Å². The lowest BCUT2D eigenvalue weighted by molar-refractivity contribution is -0.145. The van der Waals surface area contributed by atoms with Crippen molar-refractivity contribution in [1.82, 2.24) is 9.62 Å². The third-order valence-electron chi connectivity index (χ3n) is 4.09. The number of carbonyl (C=O) groups is 2. The number of halogens is 1. The highest BCUT2D eigenvalue weighted by molar-refractivity contribution is 7.89. The van der Waals surface area contributed by atoms with Gasteiger partial charge in [-0.2, -0.15) is 4.31 Å². The van der Waals surface area contributed by atoms with Gasteiger partial charge >= 0.3 is 5.97 Å². The summed E-state index contributed by atoms with van der Waals surface area (Å²) < 4.78 is 44.4. The first-order valence-electron chi connectivity index (χ1n) is 7.93. The molecule has 138 valence electrons. The summed E-state index contributed by atoms with van der Waals surface area (Å²) >= 11 is 0. The average molecular weight is 372 g/mol. The molecule has 2 rings (SSSR count). The minimum Gasteiger partial charge on any atom is -0.467 e. The van der Waals surface area contributed by atoms with Crippen LogP contribution in [0.5, 0.6) is 0 Å². The summed E-state index contributed by atoms with van der Waals surface area (Å²) in [5.74, 6) is -1.71. The number of benzene rings is 1. The molecule has 1 aliphatic heterocycles. The van der Waals surface area contributed by atoms with Crippen molar-refractivity contribution >= 4 is 21.9 Å². The van der Waals surface area contributed by atoms with E-state index in [0.717, 1.165) is 16.4 Å². The maximum atomic E-state index is 13.1. The molecule has 0 saturated carbocycles. The van der Waals surface area contributed by atoms with Crippen molar-refractivity contribution in [2.24, 2.45) is 0 Å². The lowest BCUT2D eigenvalue weighted by Gasteiger charge is -2.34. The number of methoxy groups -OCH3 is 1. The molecule has 0 radical (unpaired) electrons. The number of nitrogens with one attached hydrogen (secondary N) is 1. The quantitative estimate of drug-likeness (QED) is 0.780. The maximum Gasteiger partial charge on any atom is 0.328 e. The van der Waals surface area contributed by atoms with Crippen LogP contribution in [0.15, 0.2) is 29.2 Å².